The molecule has 0 saturated heterocycles. The van der Waals surface area contributed by atoms with E-state index in [1.165, 1.54) is 12.1 Å². The first-order valence-electron chi connectivity index (χ1n) is 10.4. The molecule has 33 heavy (non-hydrogen) atoms. The Bertz CT molecular complexity index is 1100. The molecule has 2 N–H and O–H groups in total. The van der Waals surface area contributed by atoms with Gasteiger partial charge in [-0.1, -0.05) is 86.1 Å². The van der Waals surface area contributed by atoms with Gasteiger partial charge in [0.1, 0.15) is 6.04 Å². The van der Waals surface area contributed by atoms with Gasteiger partial charge in [0.05, 0.1) is 21.6 Å². The Morgan fingerprint density at radius 2 is 1.42 bits per heavy atom. The third kappa shape index (κ3) is 5.96. The highest BCUT2D eigenvalue weighted by Gasteiger charge is 2.28. The highest BCUT2D eigenvalue weighted by molar-refractivity contribution is 6.34. The van der Waals surface area contributed by atoms with Gasteiger partial charge in [-0.15, -0.1) is 0 Å². The molecule has 3 rings (SSSR count). The number of hydrogen-bond acceptors (Lipinski definition) is 4. The van der Waals surface area contributed by atoms with Crippen LogP contribution in [0.5, 0.6) is 0 Å². The van der Waals surface area contributed by atoms with Crippen LogP contribution in [0.3, 0.4) is 0 Å². The fourth-order valence-corrected chi connectivity index (χ4v) is 3.64. The number of nitrogens with zero attached hydrogens (tertiary/aromatic N) is 1. The number of nitrogens with one attached hydrogen (secondary N) is 2. The highest BCUT2D eigenvalue weighted by Crippen LogP contribution is 2.24. The Hall–Kier alpha value is -3.71. The molecule has 3 aromatic rings. The summed E-state index contributed by atoms with van der Waals surface area (Å²) in [5, 5.41) is 16.9. The summed E-state index contributed by atoms with van der Waals surface area (Å²) >= 11 is 6.10. The monoisotopic (exact) mass is 465 g/mol. The predicted molar refractivity (Wildman–Crippen MR) is 127 cm³/mol. The first-order valence-corrected chi connectivity index (χ1v) is 10.8. The van der Waals surface area contributed by atoms with Crippen LogP contribution in [0.1, 0.15) is 41.4 Å². The standard InChI is InChI=1S/C25H24ClN3O4/c1-16(2)22(27-24(30)20-15-19(29(32)33)13-14-21(20)26)25(31)28-23(17-9-5-3-6-10-17)18-11-7-4-8-12-18/h3-16,22-23H,1-2H3,(H,27,30)(H,28,31)/t22-/m1/s1. The van der Waals surface area contributed by atoms with Crippen LogP contribution in [0.25, 0.3) is 0 Å². The van der Waals surface area contributed by atoms with E-state index in [2.05, 4.69) is 10.6 Å². The zero-order chi connectivity index (χ0) is 24.0. The van der Waals surface area contributed by atoms with E-state index in [0.29, 0.717) is 0 Å². The van der Waals surface area contributed by atoms with Crippen molar-refractivity contribution in [2.24, 2.45) is 5.92 Å². The summed E-state index contributed by atoms with van der Waals surface area (Å²) in [7, 11) is 0. The zero-order valence-electron chi connectivity index (χ0n) is 18.2. The number of non-ortho nitro benzene ring substituents is 1. The number of amides is 2. The summed E-state index contributed by atoms with van der Waals surface area (Å²) in [6.07, 6.45) is 0. The van der Waals surface area contributed by atoms with Crippen LogP contribution in [0.4, 0.5) is 5.69 Å². The van der Waals surface area contributed by atoms with Crippen molar-refractivity contribution < 1.29 is 14.5 Å². The molecule has 3 aromatic carbocycles. The molecule has 0 heterocycles. The van der Waals surface area contributed by atoms with Crippen molar-refractivity contribution in [3.8, 4) is 0 Å². The molecule has 0 saturated carbocycles. The van der Waals surface area contributed by atoms with Gasteiger partial charge < -0.3 is 10.6 Å². The van der Waals surface area contributed by atoms with E-state index in [-0.39, 0.29) is 28.1 Å². The molecule has 2 amide bonds. The Balaban J connectivity index is 1.85. The number of hydrogen-bond donors (Lipinski definition) is 2. The number of rotatable bonds is 8. The van der Waals surface area contributed by atoms with Crippen LogP contribution in [0.15, 0.2) is 78.9 Å². The number of carbonyl (C=O) groups excluding carboxylic acids is 2. The lowest BCUT2D eigenvalue weighted by molar-refractivity contribution is -0.384. The Morgan fingerprint density at radius 1 is 0.879 bits per heavy atom. The van der Waals surface area contributed by atoms with Crippen molar-refractivity contribution in [1.29, 1.82) is 0 Å². The van der Waals surface area contributed by atoms with Crippen molar-refractivity contribution in [2.75, 3.05) is 0 Å². The number of carbonyl (C=O) groups is 2. The largest absolute Gasteiger partial charge is 0.343 e. The van der Waals surface area contributed by atoms with Gasteiger partial charge in [-0.05, 0) is 23.1 Å². The van der Waals surface area contributed by atoms with Crippen molar-refractivity contribution in [3.63, 3.8) is 0 Å². The molecule has 170 valence electrons. The van der Waals surface area contributed by atoms with Crippen LogP contribution in [0, 0.1) is 16.0 Å². The molecule has 1 atom stereocenters. The van der Waals surface area contributed by atoms with Gasteiger partial charge in [0.15, 0.2) is 0 Å². The molecule has 7 nitrogen and oxygen atoms in total. The number of nitro benzene ring substituents is 1. The van der Waals surface area contributed by atoms with Gasteiger partial charge in [-0.2, -0.15) is 0 Å². The van der Waals surface area contributed by atoms with Gasteiger partial charge in [-0.25, -0.2) is 0 Å². The molecule has 0 aliphatic rings. The number of benzene rings is 3. The molecule has 0 aliphatic heterocycles. The summed E-state index contributed by atoms with van der Waals surface area (Å²) in [6.45, 7) is 3.61. The summed E-state index contributed by atoms with van der Waals surface area (Å²) in [5.41, 5.74) is 1.47. The van der Waals surface area contributed by atoms with E-state index in [1.54, 1.807) is 13.8 Å². The molecular formula is C25H24ClN3O4. The van der Waals surface area contributed by atoms with Crippen LogP contribution in [-0.4, -0.2) is 22.8 Å². The topological polar surface area (TPSA) is 101 Å². The Labute approximate surface area is 196 Å². The second kappa shape index (κ2) is 10.7. The van der Waals surface area contributed by atoms with Crippen LogP contribution < -0.4 is 10.6 Å². The first kappa shape index (κ1) is 23.9. The molecule has 0 fully saturated rings. The Morgan fingerprint density at radius 3 is 1.91 bits per heavy atom. The van der Waals surface area contributed by atoms with Gasteiger partial charge in [0, 0.05) is 12.1 Å². The van der Waals surface area contributed by atoms with E-state index in [0.717, 1.165) is 17.2 Å². The maximum absolute atomic E-state index is 13.3. The quantitative estimate of drug-likeness (QED) is 0.364. The minimum atomic E-state index is -0.886. The number of halogens is 1. The van der Waals surface area contributed by atoms with Gasteiger partial charge in [0.2, 0.25) is 5.91 Å². The van der Waals surface area contributed by atoms with Crippen molar-refractivity contribution in [2.45, 2.75) is 25.9 Å². The Kier molecular flexibility index (Phi) is 7.79. The fourth-order valence-electron chi connectivity index (χ4n) is 3.44. The minimum Gasteiger partial charge on any atom is -0.343 e. The second-order valence-electron chi connectivity index (χ2n) is 7.88. The maximum Gasteiger partial charge on any atom is 0.270 e. The molecule has 0 unspecified atom stereocenters. The number of nitro groups is 1. The van der Waals surface area contributed by atoms with Gasteiger partial charge in [-0.3, -0.25) is 19.7 Å². The third-order valence-corrected chi connectivity index (χ3v) is 5.52. The van der Waals surface area contributed by atoms with Crippen molar-refractivity contribution in [3.05, 3.63) is 111 Å². The highest BCUT2D eigenvalue weighted by atomic mass is 35.5. The minimum absolute atomic E-state index is 0.0625. The molecular weight excluding hydrogens is 442 g/mol. The summed E-state index contributed by atoms with van der Waals surface area (Å²) in [4.78, 5) is 36.7. The van der Waals surface area contributed by atoms with Crippen LogP contribution >= 0.6 is 11.6 Å². The summed E-state index contributed by atoms with van der Waals surface area (Å²) in [6, 6.07) is 21.4. The lowest BCUT2D eigenvalue weighted by Crippen LogP contribution is -2.50. The fraction of sp³-hybridized carbons (Fsp3) is 0.200. The summed E-state index contributed by atoms with van der Waals surface area (Å²) in [5.74, 6) is -1.29. The molecule has 0 aromatic heterocycles. The van der Waals surface area contributed by atoms with Crippen LogP contribution in [0.2, 0.25) is 5.02 Å². The average Bonchev–Trinajstić information content (AvgIpc) is 2.81. The predicted octanol–water partition coefficient (Wildman–Crippen LogP) is 4.91. The van der Waals surface area contributed by atoms with Crippen molar-refractivity contribution in [1.82, 2.24) is 10.6 Å². The van der Waals surface area contributed by atoms with Gasteiger partial charge >= 0.3 is 0 Å². The third-order valence-electron chi connectivity index (χ3n) is 5.19. The maximum atomic E-state index is 13.3. The average molecular weight is 466 g/mol. The van der Waals surface area contributed by atoms with E-state index in [4.69, 9.17) is 11.6 Å². The second-order valence-corrected chi connectivity index (χ2v) is 8.29. The lowest BCUT2D eigenvalue weighted by Gasteiger charge is -2.26. The van der Waals surface area contributed by atoms with Gasteiger partial charge in [0.25, 0.3) is 11.6 Å². The van der Waals surface area contributed by atoms with Crippen LogP contribution in [-0.2, 0) is 4.79 Å². The summed E-state index contributed by atoms with van der Waals surface area (Å²) < 4.78 is 0. The van der Waals surface area contributed by atoms with E-state index >= 15 is 0 Å². The molecule has 0 bridgehead atoms. The molecule has 0 spiro atoms. The van der Waals surface area contributed by atoms with E-state index < -0.39 is 22.9 Å². The zero-order valence-corrected chi connectivity index (χ0v) is 19.0. The van der Waals surface area contributed by atoms with E-state index in [1.807, 2.05) is 60.7 Å². The molecule has 8 heteroatoms. The molecule has 0 aliphatic carbocycles. The lowest BCUT2D eigenvalue weighted by atomic mass is 9.96. The smallest absolute Gasteiger partial charge is 0.270 e. The first-order chi connectivity index (χ1) is 15.8. The SMILES string of the molecule is CC(C)[C@@H](NC(=O)c1cc([N+](=O)[O-])ccc1Cl)C(=O)NC(c1ccccc1)c1ccccc1. The molecule has 0 radical (unpaired) electrons. The van der Waals surface area contributed by atoms with Crippen molar-refractivity contribution >= 4 is 29.1 Å². The van der Waals surface area contributed by atoms with E-state index in [9.17, 15) is 19.7 Å². The normalized spacial score (nSPS) is 11.8.